The van der Waals surface area contributed by atoms with E-state index in [0.717, 1.165) is 18.7 Å². The average Bonchev–Trinajstić information content (AvgIpc) is 2.49. The van der Waals surface area contributed by atoms with Gasteiger partial charge in [0.25, 0.3) is 5.91 Å². The fraction of sp³-hybridized carbons (Fsp3) is 0.533. The van der Waals surface area contributed by atoms with Crippen LogP contribution >= 0.6 is 0 Å². The second-order valence-electron chi connectivity index (χ2n) is 4.50. The lowest BCUT2D eigenvalue weighted by molar-refractivity contribution is 0.0285. The minimum absolute atomic E-state index is 0.109. The van der Waals surface area contributed by atoms with Gasteiger partial charge >= 0.3 is 0 Å². The summed E-state index contributed by atoms with van der Waals surface area (Å²) in [5.74, 6) is -0.109. The highest BCUT2D eigenvalue weighted by Gasteiger charge is 2.13. The van der Waals surface area contributed by atoms with E-state index in [2.05, 4.69) is 17.6 Å². The zero-order valence-electron chi connectivity index (χ0n) is 12.4. The molecule has 0 saturated heterocycles. The van der Waals surface area contributed by atoms with Crippen molar-refractivity contribution < 1.29 is 14.3 Å². The number of carbonyl (C=O) groups is 1. The summed E-state index contributed by atoms with van der Waals surface area (Å²) in [6.07, 6.45) is 0.870. The third-order valence-corrected chi connectivity index (χ3v) is 2.91. The van der Waals surface area contributed by atoms with E-state index in [0.29, 0.717) is 18.7 Å². The molecular formula is C15H24N2O3. The Labute approximate surface area is 120 Å². The van der Waals surface area contributed by atoms with Gasteiger partial charge in [-0.3, -0.25) is 4.79 Å². The van der Waals surface area contributed by atoms with E-state index in [-0.39, 0.29) is 12.0 Å². The molecule has 0 aliphatic heterocycles. The summed E-state index contributed by atoms with van der Waals surface area (Å²) >= 11 is 0. The molecule has 0 saturated carbocycles. The topological polar surface area (TPSA) is 59.6 Å². The molecule has 1 aromatic carbocycles. The summed E-state index contributed by atoms with van der Waals surface area (Å²) in [7, 11) is 3.21. The Bertz CT molecular complexity index is 410. The minimum Gasteiger partial charge on any atom is -0.384 e. The Hall–Kier alpha value is -1.59. The first kappa shape index (κ1) is 16.5. The van der Waals surface area contributed by atoms with Crippen molar-refractivity contribution in [2.75, 3.05) is 39.2 Å². The number of hydrogen-bond acceptors (Lipinski definition) is 4. The van der Waals surface area contributed by atoms with Gasteiger partial charge in [0.15, 0.2) is 0 Å². The van der Waals surface area contributed by atoms with Gasteiger partial charge in [0, 0.05) is 33.0 Å². The van der Waals surface area contributed by atoms with E-state index in [1.165, 1.54) is 0 Å². The van der Waals surface area contributed by atoms with Crippen LogP contribution < -0.4 is 10.6 Å². The van der Waals surface area contributed by atoms with Gasteiger partial charge in [0.1, 0.15) is 0 Å². The summed E-state index contributed by atoms with van der Waals surface area (Å²) in [5, 5.41) is 6.12. The van der Waals surface area contributed by atoms with Gasteiger partial charge in [-0.1, -0.05) is 19.1 Å². The molecule has 0 aliphatic rings. The molecule has 1 atom stereocenters. The molecule has 1 aromatic rings. The van der Waals surface area contributed by atoms with Crippen LogP contribution in [0.2, 0.25) is 0 Å². The normalized spacial score (nSPS) is 11.9. The lowest BCUT2D eigenvalue weighted by Gasteiger charge is -2.16. The molecule has 112 valence electrons. The van der Waals surface area contributed by atoms with Gasteiger partial charge in [-0.15, -0.1) is 0 Å². The largest absolute Gasteiger partial charge is 0.384 e. The second kappa shape index (κ2) is 9.34. The lowest BCUT2D eigenvalue weighted by Crippen LogP contribution is -2.35. The highest BCUT2D eigenvalue weighted by Crippen LogP contribution is 2.14. The molecule has 2 N–H and O–H groups in total. The Balaban J connectivity index is 2.62. The fourth-order valence-electron chi connectivity index (χ4n) is 1.79. The predicted octanol–water partition coefficient (Wildman–Crippen LogP) is 1.90. The Morgan fingerprint density at radius 2 is 2.05 bits per heavy atom. The number of anilines is 1. The highest BCUT2D eigenvalue weighted by atomic mass is 16.5. The van der Waals surface area contributed by atoms with Crippen LogP contribution in [0.3, 0.4) is 0 Å². The van der Waals surface area contributed by atoms with Gasteiger partial charge in [-0.25, -0.2) is 0 Å². The molecule has 0 radical (unpaired) electrons. The summed E-state index contributed by atoms with van der Waals surface area (Å²) < 4.78 is 10.2. The Morgan fingerprint density at radius 1 is 1.30 bits per heavy atom. The van der Waals surface area contributed by atoms with E-state index < -0.39 is 0 Å². The third kappa shape index (κ3) is 5.19. The summed E-state index contributed by atoms with van der Waals surface area (Å²) in [5.41, 5.74) is 1.50. The van der Waals surface area contributed by atoms with Gasteiger partial charge < -0.3 is 20.1 Å². The van der Waals surface area contributed by atoms with Crippen molar-refractivity contribution in [1.29, 1.82) is 0 Å². The van der Waals surface area contributed by atoms with Crippen molar-refractivity contribution in [1.82, 2.24) is 5.32 Å². The van der Waals surface area contributed by atoms with Crippen molar-refractivity contribution in [3.8, 4) is 0 Å². The molecule has 0 fully saturated rings. The van der Waals surface area contributed by atoms with Crippen molar-refractivity contribution in [3.05, 3.63) is 29.8 Å². The Morgan fingerprint density at radius 3 is 2.70 bits per heavy atom. The number of carbonyl (C=O) groups excluding carboxylic acids is 1. The molecule has 0 heterocycles. The fourth-order valence-corrected chi connectivity index (χ4v) is 1.79. The van der Waals surface area contributed by atoms with Crippen molar-refractivity contribution >= 4 is 11.6 Å². The van der Waals surface area contributed by atoms with Gasteiger partial charge in [-0.2, -0.15) is 0 Å². The number of amides is 1. The summed E-state index contributed by atoms with van der Waals surface area (Å²) in [6, 6.07) is 7.49. The van der Waals surface area contributed by atoms with E-state index in [1.54, 1.807) is 14.2 Å². The first-order valence-electron chi connectivity index (χ1n) is 6.85. The van der Waals surface area contributed by atoms with E-state index in [1.807, 2.05) is 24.3 Å². The number of para-hydroxylation sites is 1. The maximum Gasteiger partial charge on any atom is 0.253 e. The molecule has 5 nitrogen and oxygen atoms in total. The van der Waals surface area contributed by atoms with E-state index in [9.17, 15) is 4.79 Å². The van der Waals surface area contributed by atoms with E-state index in [4.69, 9.17) is 9.47 Å². The molecule has 1 rings (SSSR count). The molecule has 5 heteroatoms. The van der Waals surface area contributed by atoms with Gasteiger partial charge in [0.2, 0.25) is 0 Å². The molecular weight excluding hydrogens is 256 g/mol. The van der Waals surface area contributed by atoms with Crippen LogP contribution in [0.4, 0.5) is 5.69 Å². The molecule has 0 aliphatic carbocycles. The average molecular weight is 280 g/mol. The number of ether oxygens (including phenoxy) is 2. The Kier molecular flexibility index (Phi) is 7.69. The summed E-state index contributed by atoms with van der Waals surface area (Å²) in [4.78, 5) is 12.2. The first-order valence-corrected chi connectivity index (χ1v) is 6.85. The molecule has 1 unspecified atom stereocenters. The monoisotopic (exact) mass is 280 g/mol. The number of benzene rings is 1. The van der Waals surface area contributed by atoms with Crippen molar-refractivity contribution in [2.45, 2.75) is 19.4 Å². The van der Waals surface area contributed by atoms with Crippen LogP contribution in [-0.2, 0) is 9.47 Å². The van der Waals surface area contributed by atoms with Crippen LogP contribution in [0.5, 0.6) is 0 Å². The zero-order chi connectivity index (χ0) is 14.8. The van der Waals surface area contributed by atoms with Crippen LogP contribution in [0, 0.1) is 0 Å². The number of methoxy groups -OCH3 is 2. The van der Waals surface area contributed by atoms with Gasteiger partial charge in [0.05, 0.1) is 18.3 Å². The number of nitrogens with one attached hydrogen (secondary N) is 2. The maximum atomic E-state index is 12.2. The maximum absolute atomic E-state index is 12.2. The van der Waals surface area contributed by atoms with Crippen LogP contribution in [0.15, 0.2) is 24.3 Å². The molecule has 20 heavy (non-hydrogen) atoms. The zero-order valence-corrected chi connectivity index (χ0v) is 12.4. The van der Waals surface area contributed by atoms with Gasteiger partial charge in [-0.05, 0) is 18.6 Å². The SMILES string of the molecule is CCCNc1ccccc1C(=O)NCC(COC)OC. The highest BCUT2D eigenvalue weighted by molar-refractivity contribution is 5.99. The standard InChI is InChI=1S/C15H24N2O3/c1-4-9-16-14-8-6-5-7-13(14)15(18)17-10-12(20-3)11-19-2/h5-8,12,16H,4,9-11H2,1-3H3,(H,17,18). The van der Waals surface area contributed by atoms with Crippen molar-refractivity contribution in [3.63, 3.8) is 0 Å². The number of rotatable bonds is 9. The smallest absolute Gasteiger partial charge is 0.253 e. The predicted molar refractivity (Wildman–Crippen MR) is 80.2 cm³/mol. The molecule has 0 aromatic heterocycles. The second-order valence-corrected chi connectivity index (χ2v) is 4.50. The lowest BCUT2D eigenvalue weighted by atomic mass is 10.1. The molecule has 0 bridgehead atoms. The molecule has 0 spiro atoms. The molecule has 1 amide bonds. The van der Waals surface area contributed by atoms with Crippen molar-refractivity contribution in [2.24, 2.45) is 0 Å². The van der Waals surface area contributed by atoms with Crippen LogP contribution in [0.1, 0.15) is 23.7 Å². The first-order chi connectivity index (χ1) is 9.72. The third-order valence-electron chi connectivity index (χ3n) is 2.91. The summed E-state index contributed by atoms with van der Waals surface area (Å²) in [6.45, 7) is 3.80. The van der Waals surface area contributed by atoms with E-state index >= 15 is 0 Å². The number of hydrogen-bond donors (Lipinski definition) is 2. The minimum atomic E-state index is -0.139. The van der Waals surface area contributed by atoms with Crippen LogP contribution in [0.25, 0.3) is 0 Å². The van der Waals surface area contributed by atoms with Crippen LogP contribution in [-0.4, -0.2) is 45.9 Å². The quantitative estimate of drug-likeness (QED) is 0.725.